The van der Waals surface area contributed by atoms with Crippen molar-refractivity contribution in [2.75, 3.05) is 0 Å². The highest BCUT2D eigenvalue weighted by atomic mass is 16.4. The van der Waals surface area contributed by atoms with E-state index in [1.807, 2.05) is 25.2 Å². The molecule has 1 aliphatic rings. The van der Waals surface area contributed by atoms with Crippen molar-refractivity contribution < 1.29 is 25.2 Å². The average Bonchev–Trinajstić information content (AvgIpc) is 2.77. The molecule has 0 heterocycles. The summed E-state index contributed by atoms with van der Waals surface area (Å²) in [5.74, 6) is -0.940. The molecule has 23 heavy (non-hydrogen) atoms. The van der Waals surface area contributed by atoms with Gasteiger partial charge in [-0.3, -0.25) is 4.79 Å². The summed E-state index contributed by atoms with van der Waals surface area (Å²) in [6.45, 7) is 1.89. The van der Waals surface area contributed by atoms with Crippen LogP contribution in [0, 0.1) is 11.8 Å². The molecular weight excluding hydrogens is 296 g/mol. The van der Waals surface area contributed by atoms with Crippen molar-refractivity contribution in [1.82, 2.24) is 0 Å². The van der Waals surface area contributed by atoms with Crippen LogP contribution in [0.4, 0.5) is 0 Å². The SMILES string of the molecule is CC[C@@H](O)/C=C/[C@@H]1[C@H](C/C=C\CCCCC(=O)O)[C@@H](O)C[C@H]1O. The van der Waals surface area contributed by atoms with E-state index in [0.29, 0.717) is 25.7 Å². The van der Waals surface area contributed by atoms with Crippen molar-refractivity contribution in [2.24, 2.45) is 11.8 Å². The van der Waals surface area contributed by atoms with Crippen molar-refractivity contribution in [1.29, 1.82) is 0 Å². The van der Waals surface area contributed by atoms with Gasteiger partial charge in [-0.2, -0.15) is 0 Å². The molecule has 5 heteroatoms. The molecule has 0 unspecified atom stereocenters. The largest absolute Gasteiger partial charge is 0.481 e. The van der Waals surface area contributed by atoms with Crippen LogP contribution in [0.15, 0.2) is 24.3 Å². The Labute approximate surface area is 138 Å². The number of aliphatic carboxylic acids is 1. The Balaban J connectivity index is 2.42. The van der Waals surface area contributed by atoms with Gasteiger partial charge in [0.1, 0.15) is 0 Å². The molecule has 0 radical (unpaired) electrons. The fourth-order valence-corrected chi connectivity index (χ4v) is 3.01. The number of aliphatic hydroxyl groups is 3. The van der Waals surface area contributed by atoms with Crippen LogP contribution >= 0.6 is 0 Å². The number of rotatable bonds is 10. The van der Waals surface area contributed by atoms with Gasteiger partial charge in [0.2, 0.25) is 0 Å². The summed E-state index contributed by atoms with van der Waals surface area (Å²) in [6, 6.07) is 0. The highest BCUT2D eigenvalue weighted by molar-refractivity contribution is 5.66. The van der Waals surface area contributed by atoms with Crippen LogP contribution < -0.4 is 0 Å². The number of carboxylic acid groups (broad SMARTS) is 1. The van der Waals surface area contributed by atoms with Crippen LogP contribution in [0.3, 0.4) is 0 Å². The van der Waals surface area contributed by atoms with E-state index in [2.05, 4.69) is 0 Å². The molecule has 0 bridgehead atoms. The number of hydrogen-bond donors (Lipinski definition) is 4. The number of allylic oxidation sites excluding steroid dienone is 2. The fourth-order valence-electron chi connectivity index (χ4n) is 3.01. The average molecular weight is 326 g/mol. The van der Waals surface area contributed by atoms with E-state index in [0.717, 1.165) is 12.8 Å². The molecule has 1 rings (SSSR count). The van der Waals surface area contributed by atoms with Gasteiger partial charge in [0, 0.05) is 18.8 Å². The Morgan fingerprint density at radius 1 is 1.22 bits per heavy atom. The monoisotopic (exact) mass is 326 g/mol. The number of carbonyl (C=O) groups is 1. The second kappa shape index (κ2) is 10.6. The van der Waals surface area contributed by atoms with E-state index in [-0.39, 0.29) is 18.3 Å². The van der Waals surface area contributed by atoms with Crippen molar-refractivity contribution >= 4 is 5.97 Å². The van der Waals surface area contributed by atoms with Gasteiger partial charge in [-0.25, -0.2) is 0 Å². The predicted octanol–water partition coefficient (Wildman–Crippen LogP) is 2.26. The first kappa shape index (κ1) is 19.9. The van der Waals surface area contributed by atoms with Crippen LogP contribution in [0.5, 0.6) is 0 Å². The molecule has 1 saturated carbocycles. The van der Waals surface area contributed by atoms with E-state index >= 15 is 0 Å². The molecule has 0 aromatic heterocycles. The third kappa shape index (κ3) is 7.29. The van der Waals surface area contributed by atoms with E-state index in [9.17, 15) is 20.1 Å². The van der Waals surface area contributed by atoms with Gasteiger partial charge >= 0.3 is 5.97 Å². The molecule has 0 aromatic carbocycles. The Kier molecular flexibility index (Phi) is 9.14. The molecule has 5 nitrogen and oxygen atoms in total. The number of aliphatic hydroxyl groups excluding tert-OH is 3. The lowest BCUT2D eigenvalue weighted by atomic mass is 9.89. The molecule has 0 amide bonds. The summed E-state index contributed by atoms with van der Waals surface area (Å²) >= 11 is 0. The number of carboxylic acids is 1. The lowest BCUT2D eigenvalue weighted by Crippen LogP contribution is -2.20. The maximum atomic E-state index is 10.4. The minimum absolute atomic E-state index is 0.0411. The first-order valence-electron chi connectivity index (χ1n) is 8.55. The minimum Gasteiger partial charge on any atom is -0.481 e. The van der Waals surface area contributed by atoms with Gasteiger partial charge in [0.05, 0.1) is 18.3 Å². The highest BCUT2D eigenvalue weighted by Crippen LogP contribution is 2.36. The first-order valence-corrected chi connectivity index (χ1v) is 8.55. The maximum Gasteiger partial charge on any atom is 0.303 e. The van der Waals surface area contributed by atoms with E-state index in [4.69, 9.17) is 5.11 Å². The van der Waals surface area contributed by atoms with E-state index < -0.39 is 24.3 Å². The molecule has 5 atom stereocenters. The topological polar surface area (TPSA) is 98.0 Å². The lowest BCUT2D eigenvalue weighted by Gasteiger charge is -2.19. The minimum atomic E-state index is -0.763. The Hall–Kier alpha value is -1.17. The summed E-state index contributed by atoms with van der Waals surface area (Å²) in [4.78, 5) is 10.4. The van der Waals surface area contributed by atoms with Crippen LogP contribution in [-0.2, 0) is 4.79 Å². The van der Waals surface area contributed by atoms with Crippen LogP contribution in [0.1, 0.15) is 51.9 Å². The van der Waals surface area contributed by atoms with Gasteiger partial charge in [-0.15, -0.1) is 0 Å². The molecular formula is C18H30O5. The van der Waals surface area contributed by atoms with Gasteiger partial charge in [-0.05, 0) is 38.0 Å². The summed E-state index contributed by atoms with van der Waals surface area (Å²) in [5, 5.41) is 38.3. The summed E-state index contributed by atoms with van der Waals surface area (Å²) in [7, 11) is 0. The molecule has 1 fully saturated rings. The Bertz CT molecular complexity index is 404. The Morgan fingerprint density at radius 3 is 2.61 bits per heavy atom. The van der Waals surface area contributed by atoms with Gasteiger partial charge in [-0.1, -0.05) is 31.2 Å². The zero-order valence-electron chi connectivity index (χ0n) is 13.8. The van der Waals surface area contributed by atoms with Crippen LogP contribution in [0.2, 0.25) is 0 Å². The fraction of sp³-hybridized carbons (Fsp3) is 0.722. The molecule has 0 saturated heterocycles. The zero-order valence-corrected chi connectivity index (χ0v) is 13.8. The number of hydrogen-bond acceptors (Lipinski definition) is 4. The molecule has 1 aliphatic carbocycles. The molecule has 0 spiro atoms. The van der Waals surface area contributed by atoms with E-state index in [1.165, 1.54) is 0 Å². The van der Waals surface area contributed by atoms with Crippen molar-refractivity contribution in [2.45, 2.75) is 70.2 Å². The standard InChI is InChI=1S/C18H30O5/c1-2-13(19)10-11-15-14(16(20)12-17(15)21)8-6-4-3-5-7-9-18(22)23/h4,6,10-11,13-17,19-21H,2-3,5,7-9,12H2,1H3,(H,22,23)/b6-4-,11-10+/t13-,14+,15-,16+,17-/m1/s1. The normalized spacial score (nSPS) is 29.6. The first-order chi connectivity index (χ1) is 11.0. The van der Waals surface area contributed by atoms with Crippen LogP contribution in [0.25, 0.3) is 0 Å². The third-order valence-corrected chi connectivity index (χ3v) is 4.48. The van der Waals surface area contributed by atoms with Gasteiger partial charge < -0.3 is 20.4 Å². The Morgan fingerprint density at radius 2 is 1.96 bits per heavy atom. The second-order valence-corrected chi connectivity index (χ2v) is 6.32. The van der Waals surface area contributed by atoms with Crippen LogP contribution in [-0.4, -0.2) is 44.7 Å². The highest BCUT2D eigenvalue weighted by Gasteiger charge is 2.39. The lowest BCUT2D eigenvalue weighted by molar-refractivity contribution is -0.137. The molecule has 4 N–H and O–H groups in total. The predicted molar refractivity (Wildman–Crippen MR) is 88.9 cm³/mol. The second-order valence-electron chi connectivity index (χ2n) is 6.32. The van der Waals surface area contributed by atoms with Gasteiger partial charge in [0.25, 0.3) is 0 Å². The van der Waals surface area contributed by atoms with E-state index in [1.54, 1.807) is 6.08 Å². The smallest absolute Gasteiger partial charge is 0.303 e. The summed E-state index contributed by atoms with van der Waals surface area (Å²) in [5.41, 5.74) is 0. The molecule has 0 aromatic rings. The van der Waals surface area contributed by atoms with Crippen molar-refractivity contribution in [3.8, 4) is 0 Å². The van der Waals surface area contributed by atoms with Crippen molar-refractivity contribution in [3.05, 3.63) is 24.3 Å². The number of unbranched alkanes of at least 4 members (excludes halogenated alkanes) is 2. The molecule has 0 aliphatic heterocycles. The van der Waals surface area contributed by atoms with Gasteiger partial charge in [0.15, 0.2) is 0 Å². The molecule has 132 valence electrons. The summed E-state index contributed by atoms with van der Waals surface area (Å²) < 4.78 is 0. The quantitative estimate of drug-likeness (QED) is 0.365. The summed E-state index contributed by atoms with van der Waals surface area (Å²) in [6.07, 6.45) is 10.2. The zero-order chi connectivity index (χ0) is 17.2. The third-order valence-electron chi connectivity index (χ3n) is 4.48. The van der Waals surface area contributed by atoms with Crippen molar-refractivity contribution in [3.63, 3.8) is 0 Å². The maximum absolute atomic E-state index is 10.4.